The fourth-order valence-corrected chi connectivity index (χ4v) is 2.16. The molecule has 128 valence electrons. The van der Waals surface area contributed by atoms with Gasteiger partial charge in [0.1, 0.15) is 18.5 Å². The molecule has 0 spiro atoms. The largest absolute Gasteiger partial charge is 0.463 e. The van der Waals surface area contributed by atoms with Crippen molar-refractivity contribution in [2.75, 3.05) is 6.61 Å². The summed E-state index contributed by atoms with van der Waals surface area (Å²) < 4.78 is 16.3. The van der Waals surface area contributed by atoms with Crippen LogP contribution in [-0.4, -0.2) is 29.1 Å². The molecule has 0 radical (unpaired) electrons. The van der Waals surface area contributed by atoms with Gasteiger partial charge < -0.3 is 24.6 Å². The topological polar surface area (TPSA) is 77.0 Å². The van der Waals surface area contributed by atoms with E-state index in [-0.39, 0.29) is 12.1 Å². The molecule has 0 bridgehead atoms. The van der Waals surface area contributed by atoms with Gasteiger partial charge in [0.25, 0.3) is 0 Å². The Balaban J connectivity index is 1.96. The van der Waals surface area contributed by atoms with E-state index in [4.69, 9.17) is 14.2 Å². The molecule has 23 heavy (non-hydrogen) atoms. The Morgan fingerprint density at radius 2 is 2.13 bits per heavy atom. The maximum absolute atomic E-state index is 11.6. The van der Waals surface area contributed by atoms with E-state index >= 15 is 0 Å². The lowest BCUT2D eigenvalue weighted by molar-refractivity contribution is -0.180. The lowest BCUT2D eigenvalue weighted by atomic mass is 10.0. The van der Waals surface area contributed by atoms with Crippen LogP contribution in [0, 0.1) is 0 Å². The molecule has 1 aromatic carbocycles. The number of rotatable bonds is 3. The molecule has 0 aliphatic carbocycles. The van der Waals surface area contributed by atoms with Crippen LogP contribution < -0.4 is 10.1 Å². The van der Waals surface area contributed by atoms with Crippen LogP contribution in [0.1, 0.15) is 51.8 Å². The van der Waals surface area contributed by atoms with E-state index in [2.05, 4.69) is 5.32 Å². The smallest absolute Gasteiger partial charge is 0.407 e. The fraction of sp³-hybridized carbons (Fsp3) is 0.588. The van der Waals surface area contributed by atoms with Gasteiger partial charge in [-0.3, -0.25) is 0 Å². The molecular weight excluding hydrogens is 298 g/mol. The number of alkyl carbamates (subject to hydrolysis) is 1. The predicted octanol–water partition coefficient (Wildman–Crippen LogP) is 2.89. The van der Waals surface area contributed by atoms with Crippen molar-refractivity contribution in [3.63, 3.8) is 0 Å². The zero-order valence-corrected chi connectivity index (χ0v) is 14.3. The fourth-order valence-electron chi connectivity index (χ4n) is 2.16. The first kappa shape index (κ1) is 17.6. The Kier molecular flexibility index (Phi) is 4.87. The standard InChI is InChI=1S/C17H25NO5/c1-16(2,3)18-15(20)21-10-13(19)11-6-7-14-12(8-11)9-22-17(4,5)23-14/h6-8,13,19H,9-10H2,1-5H3,(H,18,20). The second-order valence-electron chi connectivity index (χ2n) is 7.15. The van der Waals surface area contributed by atoms with Gasteiger partial charge in [-0.25, -0.2) is 4.79 Å². The third kappa shape index (κ3) is 5.11. The van der Waals surface area contributed by atoms with Crippen LogP contribution in [0.3, 0.4) is 0 Å². The molecule has 0 fully saturated rings. The van der Waals surface area contributed by atoms with Crippen molar-refractivity contribution in [1.82, 2.24) is 5.32 Å². The number of hydrogen-bond donors (Lipinski definition) is 2. The first-order chi connectivity index (χ1) is 10.6. The van der Waals surface area contributed by atoms with Crippen LogP contribution in [0.4, 0.5) is 4.79 Å². The zero-order valence-electron chi connectivity index (χ0n) is 14.3. The summed E-state index contributed by atoms with van der Waals surface area (Å²) in [5, 5.41) is 12.9. The van der Waals surface area contributed by atoms with E-state index in [0.717, 1.165) is 11.3 Å². The molecule has 2 N–H and O–H groups in total. The van der Waals surface area contributed by atoms with Gasteiger partial charge in [-0.15, -0.1) is 0 Å². The van der Waals surface area contributed by atoms with Crippen molar-refractivity contribution >= 4 is 6.09 Å². The van der Waals surface area contributed by atoms with Gasteiger partial charge in [-0.1, -0.05) is 6.07 Å². The molecule has 0 aromatic heterocycles. The highest BCUT2D eigenvalue weighted by Gasteiger charge is 2.27. The maximum Gasteiger partial charge on any atom is 0.407 e. The molecule has 2 rings (SSSR count). The maximum atomic E-state index is 11.6. The second kappa shape index (κ2) is 6.37. The highest BCUT2D eigenvalue weighted by atomic mass is 16.7. The first-order valence-electron chi connectivity index (χ1n) is 7.64. The van der Waals surface area contributed by atoms with Gasteiger partial charge in [0.15, 0.2) is 0 Å². The van der Waals surface area contributed by atoms with Crippen molar-refractivity contribution in [2.24, 2.45) is 0 Å². The number of nitrogens with one attached hydrogen (secondary N) is 1. The van der Waals surface area contributed by atoms with E-state index in [0.29, 0.717) is 12.2 Å². The minimum absolute atomic E-state index is 0.117. The summed E-state index contributed by atoms with van der Waals surface area (Å²) in [6.07, 6.45) is -1.45. The quantitative estimate of drug-likeness (QED) is 0.894. The molecule has 1 unspecified atom stereocenters. The summed E-state index contributed by atoms with van der Waals surface area (Å²) in [5.74, 6) is 0.0879. The van der Waals surface area contributed by atoms with Crippen molar-refractivity contribution in [1.29, 1.82) is 0 Å². The van der Waals surface area contributed by atoms with E-state index < -0.39 is 18.0 Å². The normalized spacial score (nSPS) is 17.7. The average Bonchev–Trinajstić information content (AvgIpc) is 2.41. The van der Waals surface area contributed by atoms with E-state index in [9.17, 15) is 9.90 Å². The minimum atomic E-state index is -0.902. The van der Waals surface area contributed by atoms with Crippen LogP contribution in [0.15, 0.2) is 18.2 Å². The van der Waals surface area contributed by atoms with Crippen molar-refractivity contribution < 1.29 is 24.1 Å². The van der Waals surface area contributed by atoms with Crippen LogP contribution in [0.5, 0.6) is 5.75 Å². The Hall–Kier alpha value is -1.79. The van der Waals surface area contributed by atoms with Gasteiger partial charge in [0.05, 0.1) is 6.61 Å². The molecule has 0 saturated heterocycles. The highest BCUT2D eigenvalue weighted by Crippen LogP contribution is 2.32. The molecule has 6 nitrogen and oxygen atoms in total. The van der Waals surface area contributed by atoms with Gasteiger partial charge in [-0.05, 0) is 38.5 Å². The number of aliphatic hydroxyl groups excluding tert-OH is 1. The molecule has 1 amide bonds. The number of aliphatic hydroxyl groups is 1. The summed E-state index contributed by atoms with van der Waals surface area (Å²) in [6, 6.07) is 5.36. The number of fused-ring (bicyclic) bond motifs is 1. The summed E-state index contributed by atoms with van der Waals surface area (Å²) in [5.41, 5.74) is 1.13. The van der Waals surface area contributed by atoms with Gasteiger partial charge in [0.2, 0.25) is 5.79 Å². The number of amides is 1. The Morgan fingerprint density at radius 3 is 2.78 bits per heavy atom. The van der Waals surface area contributed by atoms with Gasteiger partial charge >= 0.3 is 6.09 Å². The molecule has 1 aromatic rings. The summed E-state index contributed by atoms with van der Waals surface area (Å²) in [4.78, 5) is 11.6. The molecule has 1 atom stereocenters. The number of carbonyl (C=O) groups excluding carboxylic acids is 1. The summed E-state index contributed by atoms with van der Waals surface area (Å²) in [7, 11) is 0. The number of ether oxygens (including phenoxy) is 3. The van der Waals surface area contributed by atoms with Crippen molar-refractivity contribution in [3.8, 4) is 5.75 Å². The van der Waals surface area contributed by atoms with Crippen LogP contribution in [0.2, 0.25) is 0 Å². The summed E-state index contributed by atoms with van der Waals surface area (Å²) in [6.45, 7) is 9.56. The molecule has 1 aliphatic rings. The van der Waals surface area contributed by atoms with E-state index in [1.165, 1.54) is 0 Å². The Labute approximate surface area is 136 Å². The monoisotopic (exact) mass is 323 g/mol. The Morgan fingerprint density at radius 1 is 1.43 bits per heavy atom. The highest BCUT2D eigenvalue weighted by molar-refractivity contribution is 5.68. The third-order valence-electron chi connectivity index (χ3n) is 3.25. The second-order valence-corrected chi connectivity index (χ2v) is 7.15. The molecule has 1 heterocycles. The van der Waals surface area contributed by atoms with Crippen LogP contribution in [0.25, 0.3) is 0 Å². The van der Waals surface area contributed by atoms with Gasteiger partial charge in [-0.2, -0.15) is 0 Å². The molecular formula is C17H25NO5. The van der Waals surface area contributed by atoms with Crippen molar-refractivity contribution in [3.05, 3.63) is 29.3 Å². The lowest BCUT2D eigenvalue weighted by Gasteiger charge is -2.32. The van der Waals surface area contributed by atoms with E-state index in [1.807, 2.05) is 34.6 Å². The molecule has 1 aliphatic heterocycles. The Bertz CT molecular complexity index is 577. The van der Waals surface area contributed by atoms with E-state index in [1.54, 1.807) is 18.2 Å². The first-order valence-corrected chi connectivity index (χ1v) is 7.64. The SMILES string of the molecule is CC(C)(C)NC(=O)OCC(O)c1ccc2c(c1)COC(C)(C)O2. The average molecular weight is 323 g/mol. The molecule has 0 saturated carbocycles. The molecule has 6 heteroatoms. The zero-order chi connectivity index (χ0) is 17.3. The van der Waals surface area contributed by atoms with Crippen LogP contribution in [-0.2, 0) is 16.1 Å². The number of hydrogen-bond acceptors (Lipinski definition) is 5. The number of carbonyl (C=O) groups is 1. The van der Waals surface area contributed by atoms with Gasteiger partial charge in [0, 0.05) is 24.9 Å². The predicted molar refractivity (Wildman–Crippen MR) is 85.1 cm³/mol. The lowest BCUT2D eigenvalue weighted by Crippen LogP contribution is -2.41. The van der Waals surface area contributed by atoms with Crippen LogP contribution >= 0.6 is 0 Å². The minimum Gasteiger partial charge on any atom is -0.463 e. The van der Waals surface area contributed by atoms with Crippen molar-refractivity contribution in [2.45, 2.75) is 58.7 Å². The number of benzene rings is 1. The summed E-state index contributed by atoms with van der Waals surface area (Å²) >= 11 is 0. The third-order valence-corrected chi connectivity index (χ3v) is 3.25.